The van der Waals surface area contributed by atoms with Crippen LogP contribution in [0, 0.1) is 0 Å². The Morgan fingerprint density at radius 1 is 1.18 bits per heavy atom. The Balaban J connectivity index is 1.33. The van der Waals surface area contributed by atoms with Gasteiger partial charge in [-0.2, -0.15) is 10.1 Å². The van der Waals surface area contributed by atoms with Crippen molar-refractivity contribution in [2.24, 2.45) is 16.7 Å². The molecule has 33 heavy (non-hydrogen) atoms. The van der Waals surface area contributed by atoms with Crippen LogP contribution in [0.4, 0.5) is 0 Å². The van der Waals surface area contributed by atoms with E-state index in [2.05, 4.69) is 10.1 Å². The maximum atomic E-state index is 12.6. The highest BCUT2D eigenvalue weighted by molar-refractivity contribution is 5.81. The van der Waals surface area contributed by atoms with E-state index in [-0.39, 0.29) is 36.7 Å². The summed E-state index contributed by atoms with van der Waals surface area (Å²) in [6, 6.07) is 14.9. The molecule has 0 amide bonds. The average molecular weight is 449 g/mol. The Morgan fingerprint density at radius 3 is 2.88 bits per heavy atom. The van der Waals surface area contributed by atoms with Gasteiger partial charge in [-0.05, 0) is 42.3 Å². The summed E-state index contributed by atoms with van der Waals surface area (Å²) in [6.07, 6.45) is 0.367. The minimum absolute atomic E-state index is 0.102. The molecule has 1 unspecified atom stereocenters. The van der Waals surface area contributed by atoms with Gasteiger partial charge in [0, 0.05) is 18.2 Å². The smallest absolute Gasteiger partial charge is 0.351 e. The maximum absolute atomic E-state index is 12.6. The number of hydrogen-bond acceptors (Lipinski definition) is 8. The molecule has 3 aromatic rings. The van der Waals surface area contributed by atoms with Crippen LogP contribution < -0.4 is 36.2 Å². The molecule has 0 fully saturated rings. The first-order valence-corrected chi connectivity index (χ1v) is 10.5. The molecule has 10 nitrogen and oxygen atoms in total. The zero-order chi connectivity index (χ0) is 22.8. The molecule has 170 valence electrons. The quantitative estimate of drug-likeness (QED) is 0.249. The topological polar surface area (TPSA) is 136 Å². The third-order valence-corrected chi connectivity index (χ3v) is 5.48. The van der Waals surface area contributed by atoms with Gasteiger partial charge < -0.3 is 30.5 Å². The molecule has 2 aliphatic rings. The van der Waals surface area contributed by atoms with Crippen molar-refractivity contribution in [3.05, 3.63) is 64.6 Å². The Hall–Kier alpha value is -4.21. The van der Waals surface area contributed by atoms with Crippen molar-refractivity contribution in [2.45, 2.75) is 19.1 Å². The summed E-state index contributed by atoms with van der Waals surface area (Å²) in [5.41, 5.74) is 7.94. The molecule has 4 N–H and O–H groups in total. The summed E-state index contributed by atoms with van der Waals surface area (Å²) in [5.74, 6) is 7.61. The first-order valence-electron chi connectivity index (χ1n) is 10.5. The number of para-hydroxylation sites is 2. The largest absolute Gasteiger partial charge is 0.486 e. The van der Waals surface area contributed by atoms with Gasteiger partial charge in [0.1, 0.15) is 25.6 Å². The van der Waals surface area contributed by atoms with Gasteiger partial charge in [0.05, 0.1) is 5.69 Å². The van der Waals surface area contributed by atoms with E-state index in [0.717, 1.165) is 16.8 Å². The van der Waals surface area contributed by atoms with Gasteiger partial charge in [-0.25, -0.2) is 4.79 Å². The van der Waals surface area contributed by atoms with Crippen molar-refractivity contribution >= 4 is 5.84 Å². The summed E-state index contributed by atoms with van der Waals surface area (Å²) in [5, 5.41) is 3.40. The maximum Gasteiger partial charge on any atom is 0.351 e. The Bertz CT molecular complexity index is 1270. The molecular weight excluding hydrogens is 426 g/mol. The van der Waals surface area contributed by atoms with E-state index >= 15 is 0 Å². The van der Waals surface area contributed by atoms with E-state index in [9.17, 15) is 4.79 Å². The van der Waals surface area contributed by atoms with Crippen LogP contribution in [-0.4, -0.2) is 41.3 Å². The predicted octanol–water partition coefficient (Wildman–Crippen LogP) is 1.29. The summed E-state index contributed by atoms with van der Waals surface area (Å²) in [7, 11) is 0. The lowest BCUT2D eigenvalue weighted by atomic mass is 9.97. The average Bonchev–Trinajstić information content (AvgIpc) is 2.85. The van der Waals surface area contributed by atoms with Crippen LogP contribution in [0.15, 0.2) is 58.4 Å². The Morgan fingerprint density at radius 2 is 2.03 bits per heavy atom. The van der Waals surface area contributed by atoms with Crippen LogP contribution in [-0.2, 0) is 13.0 Å². The lowest BCUT2D eigenvalue weighted by Gasteiger charge is -2.26. The van der Waals surface area contributed by atoms with Crippen LogP contribution in [0.2, 0.25) is 0 Å². The number of amidine groups is 1. The second kappa shape index (κ2) is 8.73. The van der Waals surface area contributed by atoms with Crippen LogP contribution in [0.25, 0.3) is 11.3 Å². The first-order chi connectivity index (χ1) is 16.1. The molecule has 0 aliphatic carbocycles. The fourth-order valence-electron chi connectivity index (χ4n) is 3.86. The van der Waals surface area contributed by atoms with Crippen LogP contribution in [0.1, 0.15) is 5.56 Å². The van der Waals surface area contributed by atoms with E-state index in [1.165, 1.54) is 0 Å². The van der Waals surface area contributed by atoms with Gasteiger partial charge in [0.15, 0.2) is 23.4 Å². The minimum atomic E-state index is -0.355. The van der Waals surface area contributed by atoms with E-state index in [0.29, 0.717) is 36.8 Å². The summed E-state index contributed by atoms with van der Waals surface area (Å²) < 4.78 is 24.7. The summed E-state index contributed by atoms with van der Waals surface area (Å²) in [6.45, 7) is 1.17. The minimum Gasteiger partial charge on any atom is -0.486 e. The third kappa shape index (κ3) is 4.27. The number of ether oxygens (including phenoxy) is 4. The number of fused-ring (bicyclic) bond motifs is 4. The Kier molecular flexibility index (Phi) is 5.47. The molecule has 0 saturated heterocycles. The molecule has 1 aromatic heterocycles. The molecule has 10 heteroatoms. The zero-order valence-corrected chi connectivity index (χ0v) is 17.8. The number of nitrogens with zero attached hydrogens (tertiary/aromatic N) is 3. The highest BCUT2D eigenvalue weighted by atomic mass is 16.6. The molecule has 0 bridgehead atoms. The zero-order valence-electron chi connectivity index (χ0n) is 17.8. The first kappa shape index (κ1) is 20.7. The molecule has 0 saturated carbocycles. The van der Waals surface area contributed by atoms with E-state index in [4.69, 9.17) is 30.5 Å². The molecule has 1 atom stereocenters. The van der Waals surface area contributed by atoms with Gasteiger partial charge in [-0.3, -0.25) is 4.57 Å². The number of hydrogen-bond donors (Lipinski definition) is 2. The van der Waals surface area contributed by atoms with Gasteiger partial charge in [0.25, 0.3) is 0 Å². The fourth-order valence-corrected chi connectivity index (χ4v) is 3.86. The molecule has 0 spiro atoms. The summed E-state index contributed by atoms with van der Waals surface area (Å²) >= 11 is 0. The fraction of sp³-hybridized carbons (Fsp3) is 0.261. The van der Waals surface area contributed by atoms with E-state index in [1.54, 1.807) is 10.6 Å². The number of rotatable bonds is 6. The van der Waals surface area contributed by atoms with Crippen molar-refractivity contribution in [1.82, 2.24) is 9.55 Å². The number of aryl methyl sites for hydroxylation is 1. The second-order valence-electron chi connectivity index (χ2n) is 7.70. The highest BCUT2D eigenvalue weighted by Crippen LogP contribution is 2.33. The van der Waals surface area contributed by atoms with Crippen molar-refractivity contribution in [1.29, 1.82) is 0 Å². The van der Waals surface area contributed by atoms with Gasteiger partial charge in [-0.1, -0.05) is 12.1 Å². The van der Waals surface area contributed by atoms with Crippen molar-refractivity contribution in [3.63, 3.8) is 0 Å². The number of hydrazone groups is 1. The van der Waals surface area contributed by atoms with Crippen LogP contribution in [0.5, 0.6) is 23.1 Å². The number of nitrogens with two attached hydrogens (primary N) is 2. The third-order valence-electron chi connectivity index (χ3n) is 5.48. The van der Waals surface area contributed by atoms with Crippen LogP contribution in [0.3, 0.4) is 0 Å². The number of aromatic nitrogens is 2. The van der Waals surface area contributed by atoms with Crippen molar-refractivity contribution in [3.8, 4) is 34.4 Å². The second-order valence-corrected chi connectivity index (χ2v) is 7.70. The van der Waals surface area contributed by atoms with Gasteiger partial charge in [-0.15, -0.1) is 0 Å². The van der Waals surface area contributed by atoms with E-state index < -0.39 is 0 Å². The molecule has 2 aromatic carbocycles. The van der Waals surface area contributed by atoms with E-state index in [1.807, 2.05) is 42.5 Å². The Labute approximate surface area is 189 Å². The predicted molar refractivity (Wildman–Crippen MR) is 121 cm³/mol. The van der Waals surface area contributed by atoms with Gasteiger partial charge in [0.2, 0.25) is 5.88 Å². The number of benzene rings is 2. The lowest BCUT2D eigenvalue weighted by Crippen LogP contribution is -2.35. The monoisotopic (exact) mass is 449 g/mol. The standard InChI is InChI=1S/C23H23N5O5/c24-21(27-25)13-30-15-5-6-17-14(9-15)7-8-28-18(17)10-22(26-23(28)29)32-12-16-11-31-19-3-1-2-4-20(19)33-16/h1-6,9-10,16H,7-8,11-13,25H2,(H2,24,27). The molecular formula is C23H23N5O5. The molecule has 0 radical (unpaired) electrons. The van der Waals surface area contributed by atoms with Crippen molar-refractivity contribution < 1.29 is 18.9 Å². The molecule has 3 heterocycles. The lowest BCUT2D eigenvalue weighted by molar-refractivity contribution is 0.0520. The molecule has 2 aliphatic heterocycles. The SMILES string of the molecule is NN=C(N)COc1ccc2c(c1)CCn1c-2cc(OCC2COc3ccccc3O2)nc1=O. The van der Waals surface area contributed by atoms with Gasteiger partial charge >= 0.3 is 5.69 Å². The van der Waals surface area contributed by atoms with Crippen molar-refractivity contribution in [2.75, 3.05) is 19.8 Å². The highest BCUT2D eigenvalue weighted by Gasteiger charge is 2.23. The summed E-state index contributed by atoms with van der Waals surface area (Å²) in [4.78, 5) is 16.7. The molecule has 5 rings (SSSR count). The normalized spacial score (nSPS) is 16.5. The van der Waals surface area contributed by atoms with Crippen LogP contribution >= 0.6 is 0 Å².